The van der Waals surface area contributed by atoms with Crippen molar-refractivity contribution in [2.45, 2.75) is 31.5 Å². The average Bonchev–Trinajstić information content (AvgIpc) is 2.57. The van der Waals surface area contributed by atoms with E-state index in [-0.39, 0.29) is 11.6 Å². The van der Waals surface area contributed by atoms with E-state index in [4.69, 9.17) is 10.5 Å². The third-order valence-electron chi connectivity index (χ3n) is 2.81. The zero-order chi connectivity index (χ0) is 14.2. The third-order valence-corrected chi connectivity index (χ3v) is 2.81. The van der Waals surface area contributed by atoms with Crippen molar-refractivity contribution >= 4 is 17.3 Å². The molecule has 4 unspecified atom stereocenters. The summed E-state index contributed by atoms with van der Waals surface area (Å²) in [7, 11) is 0. The lowest BCUT2D eigenvalue weighted by atomic mass is 10.1. The van der Waals surface area contributed by atoms with Crippen molar-refractivity contribution in [1.29, 1.82) is 0 Å². The van der Waals surface area contributed by atoms with Crippen LogP contribution >= 0.6 is 0 Å². The first-order valence-electron chi connectivity index (χ1n) is 5.44. The maximum atomic E-state index is 10.9. The molecule has 19 heavy (non-hydrogen) atoms. The molecule has 1 fully saturated rings. The van der Waals surface area contributed by atoms with Gasteiger partial charge >= 0.3 is 5.69 Å². The largest absolute Gasteiger partial charge is 0.388 e. The highest BCUT2D eigenvalue weighted by Crippen LogP contribution is 2.29. The van der Waals surface area contributed by atoms with Crippen molar-refractivity contribution in [3.8, 4) is 0 Å². The van der Waals surface area contributed by atoms with Crippen LogP contribution in [0.25, 0.3) is 0 Å². The molecule has 10 heteroatoms. The summed E-state index contributed by atoms with van der Waals surface area (Å²) < 4.78 is 5.23. The molecule has 1 saturated heterocycles. The van der Waals surface area contributed by atoms with Gasteiger partial charge in [-0.2, -0.15) is 0 Å². The maximum absolute atomic E-state index is 10.9. The predicted octanol–water partition coefficient (Wildman–Crippen LogP) is -1.15. The molecule has 0 bridgehead atoms. The van der Waals surface area contributed by atoms with Gasteiger partial charge in [0.1, 0.15) is 18.5 Å². The fraction of sp³-hybridized carbons (Fsp3) is 0.556. The van der Waals surface area contributed by atoms with Crippen molar-refractivity contribution in [3.63, 3.8) is 0 Å². The molecule has 0 spiro atoms. The molecule has 2 heterocycles. The number of aromatic nitrogens is 2. The van der Waals surface area contributed by atoms with Gasteiger partial charge in [0, 0.05) is 0 Å². The van der Waals surface area contributed by atoms with Crippen molar-refractivity contribution < 1.29 is 19.9 Å². The average molecular weight is 271 g/mol. The molecule has 1 aliphatic heterocycles. The van der Waals surface area contributed by atoms with Crippen LogP contribution in [0.2, 0.25) is 0 Å². The fourth-order valence-corrected chi connectivity index (χ4v) is 1.78. The Hall–Kier alpha value is -2.04. The molecule has 2 rings (SSSR count). The van der Waals surface area contributed by atoms with Gasteiger partial charge in [0.25, 0.3) is 0 Å². The van der Waals surface area contributed by atoms with E-state index in [0.717, 1.165) is 6.33 Å². The van der Waals surface area contributed by atoms with Crippen LogP contribution in [-0.4, -0.2) is 49.6 Å². The number of nitrogens with one attached hydrogen (secondary N) is 1. The number of nitrogens with two attached hydrogens (primary N) is 1. The number of aliphatic hydroxyl groups excluding tert-OH is 2. The van der Waals surface area contributed by atoms with Crippen LogP contribution in [0.15, 0.2) is 6.33 Å². The number of hydrogen-bond donors (Lipinski definition) is 4. The van der Waals surface area contributed by atoms with Gasteiger partial charge in [-0.3, -0.25) is 10.1 Å². The van der Waals surface area contributed by atoms with Crippen LogP contribution in [-0.2, 0) is 4.74 Å². The Morgan fingerprint density at radius 3 is 2.68 bits per heavy atom. The lowest BCUT2D eigenvalue weighted by molar-refractivity contribution is -0.383. The molecule has 0 aromatic carbocycles. The van der Waals surface area contributed by atoms with Crippen LogP contribution in [0.4, 0.5) is 17.3 Å². The number of hydrogen-bond acceptors (Lipinski definition) is 9. The number of rotatable bonds is 3. The molecule has 4 atom stereocenters. The van der Waals surface area contributed by atoms with Gasteiger partial charge in [0.2, 0.25) is 11.6 Å². The standard InChI is InChI=1S/C9H13N5O5/c1-3-5(15)6(16)9(19-3)13-8-4(14(17)18)7(10)11-2-12-8/h2-3,5-6,9,15-16H,1H3,(H3,10,11,12,13). The fourth-order valence-electron chi connectivity index (χ4n) is 1.78. The van der Waals surface area contributed by atoms with Crippen LogP contribution in [0, 0.1) is 10.1 Å². The number of ether oxygens (including phenoxy) is 1. The molecule has 0 saturated carbocycles. The zero-order valence-corrected chi connectivity index (χ0v) is 9.92. The van der Waals surface area contributed by atoms with Gasteiger partial charge in [-0.05, 0) is 6.92 Å². The Kier molecular flexibility index (Phi) is 3.46. The Labute approximate surface area is 107 Å². The molecule has 0 radical (unpaired) electrons. The number of nitro groups is 1. The van der Waals surface area contributed by atoms with Crippen LogP contribution in [0.3, 0.4) is 0 Å². The molecule has 10 nitrogen and oxygen atoms in total. The zero-order valence-electron chi connectivity index (χ0n) is 9.92. The van der Waals surface area contributed by atoms with Crippen LogP contribution in [0.1, 0.15) is 6.92 Å². The van der Waals surface area contributed by atoms with Gasteiger partial charge in [-0.1, -0.05) is 0 Å². The number of nitrogens with zero attached hydrogens (tertiary/aromatic N) is 3. The summed E-state index contributed by atoms with van der Waals surface area (Å²) in [4.78, 5) is 17.4. The molecule has 1 aromatic heterocycles. The summed E-state index contributed by atoms with van der Waals surface area (Å²) in [6.45, 7) is 1.57. The maximum Gasteiger partial charge on any atom is 0.353 e. The molecule has 1 aliphatic rings. The molecule has 5 N–H and O–H groups in total. The van der Waals surface area contributed by atoms with E-state index < -0.39 is 35.2 Å². The second kappa shape index (κ2) is 4.91. The minimum Gasteiger partial charge on any atom is -0.388 e. The van der Waals surface area contributed by atoms with Crippen molar-refractivity contribution in [2.75, 3.05) is 11.1 Å². The number of anilines is 2. The van der Waals surface area contributed by atoms with E-state index in [1.165, 1.54) is 0 Å². The van der Waals surface area contributed by atoms with Crippen molar-refractivity contribution in [2.24, 2.45) is 0 Å². The smallest absolute Gasteiger partial charge is 0.353 e. The van der Waals surface area contributed by atoms with Gasteiger partial charge < -0.3 is 26.0 Å². The Bertz CT molecular complexity index is 498. The Morgan fingerprint density at radius 2 is 2.16 bits per heavy atom. The summed E-state index contributed by atoms with van der Waals surface area (Å²) in [5, 5.41) is 32.7. The monoisotopic (exact) mass is 271 g/mol. The van der Waals surface area contributed by atoms with Crippen LogP contribution < -0.4 is 11.1 Å². The first kappa shape index (κ1) is 13.4. The summed E-state index contributed by atoms with van der Waals surface area (Å²) >= 11 is 0. The Morgan fingerprint density at radius 1 is 1.47 bits per heavy atom. The number of aliphatic hydroxyl groups is 2. The lowest BCUT2D eigenvalue weighted by Gasteiger charge is -2.16. The molecule has 1 aromatic rings. The van der Waals surface area contributed by atoms with Gasteiger partial charge in [-0.25, -0.2) is 9.97 Å². The van der Waals surface area contributed by atoms with Crippen molar-refractivity contribution in [3.05, 3.63) is 16.4 Å². The molecular weight excluding hydrogens is 258 g/mol. The molecular formula is C9H13N5O5. The topological polar surface area (TPSA) is 157 Å². The SMILES string of the molecule is CC1OC(Nc2ncnc(N)c2[N+](=O)[O-])C(O)C1O. The minimum absolute atomic E-state index is 0.178. The van der Waals surface area contributed by atoms with E-state index in [2.05, 4.69) is 15.3 Å². The highest BCUT2D eigenvalue weighted by Gasteiger charge is 2.41. The van der Waals surface area contributed by atoms with E-state index in [1.54, 1.807) is 6.92 Å². The Balaban J connectivity index is 2.25. The van der Waals surface area contributed by atoms with E-state index >= 15 is 0 Å². The second-order valence-electron chi connectivity index (χ2n) is 4.10. The molecule has 0 amide bonds. The van der Waals surface area contributed by atoms with Crippen molar-refractivity contribution in [1.82, 2.24) is 9.97 Å². The van der Waals surface area contributed by atoms with E-state index in [1.807, 2.05) is 0 Å². The predicted molar refractivity (Wildman–Crippen MR) is 63.1 cm³/mol. The normalized spacial score (nSPS) is 30.3. The first-order valence-corrected chi connectivity index (χ1v) is 5.44. The third kappa shape index (κ3) is 2.41. The second-order valence-corrected chi connectivity index (χ2v) is 4.10. The van der Waals surface area contributed by atoms with Gasteiger partial charge in [0.05, 0.1) is 11.0 Å². The van der Waals surface area contributed by atoms with E-state index in [9.17, 15) is 20.3 Å². The summed E-state index contributed by atoms with van der Waals surface area (Å²) in [5.41, 5.74) is 4.89. The molecule has 0 aliphatic carbocycles. The van der Waals surface area contributed by atoms with Crippen LogP contribution in [0.5, 0.6) is 0 Å². The lowest BCUT2D eigenvalue weighted by Crippen LogP contribution is -2.36. The summed E-state index contributed by atoms with van der Waals surface area (Å²) in [6, 6.07) is 0. The highest BCUT2D eigenvalue weighted by molar-refractivity contribution is 5.67. The highest BCUT2D eigenvalue weighted by atomic mass is 16.6. The van der Waals surface area contributed by atoms with Gasteiger partial charge in [0.15, 0.2) is 6.23 Å². The first-order chi connectivity index (χ1) is 8.91. The quantitative estimate of drug-likeness (QED) is 0.393. The van der Waals surface area contributed by atoms with Gasteiger partial charge in [-0.15, -0.1) is 0 Å². The summed E-state index contributed by atoms with van der Waals surface area (Å²) in [5.74, 6) is -0.480. The number of nitrogen functional groups attached to an aromatic ring is 1. The minimum atomic E-state index is -1.23. The molecule has 104 valence electrons. The van der Waals surface area contributed by atoms with E-state index in [0.29, 0.717) is 0 Å². The summed E-state index contributed by atoms with van der Waals surface area (Å²) in [6.07, 6.45) is -2.89.